The van der Waals surface area contributed by atoms with E-state index in [1.165, 1.54) is 6.08 Å². The smallest absolute Gasteiger partial charge is 0.227 e. The maximum Gasteiger partial charge on any atom is 0.227 e. The van der Waals surface area contributed by atoms with Crippen molar-refractivity contribution in [2.75, 3.05) is 0 Å². The summed E-state index contributed by atoms with van der Waals surface area (Å²) in [7, 11) is 0. The first-order valence-corrected chi connectivity index (χ1v) is 7.89. The lowest BCUT2D eigenvalue weighted by atomic mass is 9.59. The Hall–Kier alpha value is -2.62. The molecule has 0 amide bonds. The standard InChI is InChI=1S/C20H20O4/c1-5-6-13-17(22)12-7-8-14-10(2)11(3)15(21)9-20(14,4)16(12)19(24)18(13)23/h5,7-8,22,24H,1,6,9H2,2-4H3. The molecule has 0 saturated carbocycles. The molecule has 4 heteroatoms. The Morgan fingerprint density at radius 1 is 1.17 bits per heavy atom. The summed E-state index contributed by atoms with van der Waals surface area (Å²) >= 11 is 0. The monoisotopic (exact) mass is 324 g/mol. The van der Waals surface area contributed by atoms with Crippen LogP contribution in [0.3, 0.4) is 0 Å². The minimum atomic E-state index is -0.821. The van der Waals surface area contributed by atoms with Gasteiger partial charge in [0.2, 0.25) is 5.78 Å². The fourth-order valence-corrected chi connectivity index (χ4v) is 3.90. The molecule has 3 aliphatic rings. The number of ketones is 2. The Labute approximate surface area is 140 Å². The van der Waals surface area contributed by atoms with Crippen LogP contribution in [-0.4, -0.2) is 21.8 Å². The summed E-state index contributed by atoms with van der Waals surface area (Å²) in [6, 6.07) is 0. The molecule has 0 aromatic carbocycles. The summed E-state index contributed by atoms with van der Waals surface area (Å²) in [6.07, 6.45) is 5.42. The highest BCUT2D eigenvalue weighted by Gasteiger charge is 2.48. The zero-order valence-electron chi connectivity index (χ0n) is 14.1. The molecule has 24 heavy (non-hydrogen) atoms. The second-order valence-electron chi connectivity index (χ2n) is 6.72. The number of aliphatic hydroxyl groups is 2. The van der Waals surface area contributed by atoms with Crippen LogP contribution in [0.25, 0.3) is 0 Å². The lowest BCUT2D eigenvalue weighted by Gasteiger charge is -2.43. The van der Waals surface area contributed by atoms with E-state index in [9.17, 15) is 19.8 Å². The number of Topliss-reactive ketones (excluding diaryl/α,β-unsaturated/α-hetero) is 2. The number of allylic oxidation sites excluding steroid dienone is 8. The Bertz CT molecular complexity index is 858. The number of rotatable bonds is 2. The van der Waals surface area contributed by atoms with Crippen molar-refractivity contribution in [3.05, 3.63) is 69.8 Å². The van der Waals surface area contributed by atoms with Crippen molar-refractivity contribution in [1.82, 2.24) is 0 Å². The van der Waals surface area contributed by atoms with Gasteiger partial charge in [0, 0.05) is 28.6 Å². The highest BCUT2D eigenvalue weighted by molar-refractivity contribution is 6.11. The Morgan fingerprint density at radius 2 is 1.83 bits per heavy atom. The zero-order chi connectivity index (χ0) is 17.8. The molecule has 1 atom stereocenters. The van der Waals surface area contributed by atoms with Gasteiger partial charge in [0.15, 0.2) is 11.5 Å². The third-order valence-corrected chi connectivity index (χ3v) is 5.35. The second-order valence-corrected chi connectivity index (χ2v) is 6.72. The Balaban J connectivity index is 2.30. The van der Waals surface area contributed by atoms with Gasteiger partial charge in [-0.3, -0.25) is 9.59 Å². The van der Waals surface area contributed by atoms with E-state index in [4.69, 9.17) is 0 Å². The van der Waals surface area contributed by atoms with Crippen molar-refractivity contribution in [2.45, 2.75) is 33.6 Å². The number of carbonyl (C=O) groups excluding carboxylic acids is 2. The van der Waals surface area contributed by atoms with E-state index in [-0.39, 0.29) is 35.7 Å². The fraction of sp³-hybridized carbons (Fsp3) is 0.300. The third-order valence-electron chi connectivity index (χ3n) is 5.35. The van der Waals surface area contributed by atoms with Gasteiger partial charge >= 0.3 is 0 Å². The van der Waals surface area contributed by atoms with E-state index in [1.807, 2.05) is 19.9 Å². The van der Waals surface area contributed by atoms with Crippen LogP contribution in [0.2, 0.25) is 0 Å². The van der Waals surface area contributed by atoms with Gasteiger partial charge in [0.05, 0.1) is 0 Å². The molecule has 0 aromatic heterocycles. The third kappa shape index (κ3) is 1.92. The average molecular weight is 324 g/mol. The van der Waals surface area contributed by atoms with Gasteiger partial charge in [-0.2, -0.15) is 0 Å². The van der Waals surface area contributed by atoms with Crippen molar-refractivity contribution in [3.8, 4) is 0 Å². The molecule has 124 valence electrons. The van der Waals surface area contributed by atoms with Crippen molar-refractivity contribution < 1.29 is 19.8 Å². The molecule has 4 nitrogen and oxygen atoms in total. The van der Waals surface area contributed by atoms with Crippen molar-refractivity contribution >= 4 is 11.6 Å². The van der Waals surface area contributed by atoms with Crippen molar-refractivity contribution in [2.24, 2.45) is 5.41 Å². The van der Waals surface area contributed by atoms with Crippen LogP contribution >= 0.6 is 0 Å². The lowest BCUT2D eigenvalue weighted by molar-refractivity contribution is -0.118. The summed E-state index contributed by atoms with van der Waals surface area (Å²) in [5.41, 5.74) is 2.52. The molecule has 0 saturated heterocycles. The summed E-state index contributed by atoms with van der Waals surface area (Å²) < 4.78 is 0. The zero-order valence-corrected chi connectivity index (χ0v) is 14.1. The first-order chi connectivity index (χ1) is 11.2. The topological polar surface area (TPSA) is 74.6 Å². The quantitative estimate of drug-likeness (QED) is 0.754. The average Bonchev–Trinajstić information content (AvgIpc) is 2.53. The van der Waals surface area contributed by atoms with E-state index in [1.54, 1.807) is 13.0 Å². The molecule has 0 aromatic rings. The summed E-state index contributed by atoms with van der Waals surface area (Å²) in [6.45, 7) is 9.08. The number of carbonyl (C=O) groups is 2. The van der Waals surface area contributed by atoms with Crippen molar-refractivity contribution in [3.63, 3.8) is 0 Å². The van der Waals surface area contributed by atoms with Gasteiger partial charge < -0.3 is 10.2 Å². The van der Waals surface area contributed by atoms with E-state index < -0.39 is 11.2 Å². The molecule has 0 bridgehead atoms. The van der Waals surface area contributed by atoms with Gasteiger partial charge in [-0.1, -0.05) is 25.2 Å². The van der Waals surface area contributed by atoms with Gasteiger partial charge in [0.25, 0.3) is 0 Å². The predicted octanol–water partition coefficient (Wildman–Crippen LogP) is 3.95. The second kappa shape index (κ2) is 5.20. The normalized spacial score (nSPS) is 27.0. The molecule has 2 N–H and O–H groups in total. The minimum Gasteiger partial charge on any atom is -0.507 e. The molecular formula is C20H20O4. The molecule has 0 radical (unpaired) electrons. The number of aliphatic hydroxyl groups excluding tert-OH is 2. The molecule has 0 fully saturated rings. The first-order valence-electron chi connectivity index (χ1n) is 7.89. The Morgan fingerprint density at radius 3 is 2.46 bits per heavy atom. The minimum absolute atomic E-state index is 0.0125. The lowest BCUT2D eigenvalue weighted by Crippen LogP contribution is -2.37. The van der Waals surface area contributed by atoms with Crippen LogP contribution in [0, 0.1) is 5.41 Å². The molecule has 0 spiro atoms. The molecule has 1 unspecified atom stereocenters. The van der Waals surface area contributed by atoms with Crippen LogP contribution in [0.5, 0.6) is 0 Å². The van der Waals surface area contributed by atoms with E-state index in [0.717, 1.165) is 11.1 Å². The maximum absolute atomic E-state index is 12.5. The highest BCUT2D eigenvalue weighted by atomic mass is 16.3. The largest absolute Gasteiger partial charge is 0.507 e. The van der Waals surface area contributed by atoms with Gasteiger partial charge in [-0.05, 0) is 37.0 Å². The summed E-state index contributed by atoms with van der Waals surface area (Å²) in [4.78, 5) is 24.9. The van der Waals surface area contributed by atoms with Crippen LogP contribution in [0.15, 0.2) is 69.8 Å². The van der Waals surface area contributed by atoms with Gasteiger partial charge in [-0.15, -0.1) is 6.58 Å². The molecular weight excluding hydrogens is 304 g/mol. The van der Waals surface area contributed by atoms with E-state index in [0.29, 0.717) is 16.7 Å². The fourth-order valence-electron chi connectivity index (χ4n) is 3.90. The van der Waals surface area contributed by atoms with Gasteiger partial charge in [-0.25, -0.2) is 0 Å². The molecule has 3 aliphatic carbocycles. The van der Waals surface area contributed by atoms with Crippen LogP contribution in [0.1, 0.15) is 33.6 Å². The van der Waals surface area contributed by atoms with Crippen LogP contribution < -0.4 is 0 Å². The van der Waals surface area contributed by atoms with Gasteiger partial charge in [0.1, 0.15) is 5.76 Å². The predicted molar refractivity (Wildman–Crippen MR) is 91.4 cm³/mol. The molecule has 0 aliphatic heterocycles. The molecule has 0 heterocycles. The van der Waals surface area contributed by atoms with Crippen LogP contribution in [0.4, 0.5) is 0 Å². The Kier molecular flexibility index (Phi) is 3.52. The number of fused-ring (bicyclic) bond motifs is 3. The summed E-state index contributed by atoms with van der Waals surface area (Å²) in [5.74, 6) is -1.13. The number of hydrogen-bond donors (Lipinski definition) is 2. The van der Waals surface area contributed by atoms with E-state index >= 15 is 0 Å². The number of hydrogen-bond acceptors (Lipinski definition) is 4. The molecule has 3 rings (SSSR count). The highest BCUT2D eigenvalue weighted by Crippen LogP contribution is 2.54. The van der Waals surface area contributed by atoms with E-state index in [2.05, 4.69) is 6.58 Å². The maximum atomic E-state index is 12.5. The SMILES string of the molecule is C=CCC1=C(O)C2=CC=C3C(C)=C(C)C(=O)CC3(C)C2=C(O)C1=O. The summed E-state index contributed by atoms with van der Waals surface area (Å²) in [5, 5.41) is 21.1. The van der Waals surface area contributed by atoms with Crippen molar-refractivity contribution in [1.29, 1.82) is 0 Å². The first kappa shape index (κ1) is 16.2. The van der Waals surface area contributed by atoms with Crippen LogP contribution in [-0.2, 0) is 9.59 Å².